The van der Waals surface area contributed by atoms with Gasteiger partial charge >= 0.3 is 5.97 Å². The lowest BCUT2D eigenvalue weighted by Gasteiger charge is -2.14. The molecule has 0 fully saturated rings. The summed E-state index contributed by atoms with van der Waals surface area (Å²) in [6, 6.07) is 5.59. The molecule has 0 aliphatic carbocycles. The Labute approximate surface area is 148 Å². The smallest absolute Gasteiger partial charge is 0.341 e. The fourth-order valence-corrected chi connectivity index (χ4v) is 2.65. The summed E-state index contributed by atoms with van der Waals surface area (Å²) >= 11 is 5.91. The van der Waals surface area contributed by atoms with Gasteiger partial charge in [0.2, 0.25) is 0 Å². The highest BCUT2D eigenvalue weighted by atomic mass is 35.5. The van der Waals surface area contributed by atoms with Crippen LogP contribution in [-0.2, 0) is 11.2 Å². The van der Waals surface area contributed by atoms with Crippen molar-refractivity contribution in [2.24, 2.45) is 0 Å². The zero-order chi connectivity index (χ0) is 18.7. The standard InChI is InChI=1S/C18H17ClF2O4/c1-9(2)11-5-10(3-4-14(11)22)6-12-13(20)7-15(18(21)17(12)19)25-8-16(23)24/h3-5,7,9,22H,6,8H2,1-2H3,(H,23,24). The Morgan fingerprint density at radius 3 is 2.56 bits per heavy atom. The van der Waals surface area contributed by atoms with Crippen LogP contribution in [0, 0.1) is 11.6 Å². The lowest BCUT2D eigenvalue weighted by molar-refractivity contribution is -0.139. The highest BCUT2D eigenvalue weighted by molar-refractivity contribution is 6.31. The first-order chi connectivity index (χ1) is 11.7. The zero-order valence-corrected chi connectivity index (χ0v) is 14.4. The molecule has 2 rings (SSSR count). The van der Waals surface area contributed by atoms with Crippen LogP contribution >= 0.6 is 11.6 Å². The number of ether oxygens (including phenoxy) is 1. The second kappa shape index (κ2) is 7.70. The minimum Gasteiger partial charge on any atom is -0.508 e. The van der Waals surface area contributed by atoms with Crippen molar-refractivity contribution in [2.75, 3.05) is 6.61 Å². The maximum absolute atomic E-state index is 14.3. The van der Waals surface area contributed by atoms with Gasteiger partial charge in [0.25, 0.3) is 0 Å². The number of benzene rings is 2. The summed E-state index contributed by atoms with van der Waals surface area (Å²) < 4.78 is 33.2. The van der Waals surface area contributed by atoms with E-state index in [0.717, 1.165) is 6.07 Å². The molecule has 0 unspecified atom stereocenters. The molecule has 0 amide bonds. The molecule has 0 heterocycles. The van der Waals surface area contributed by atoms with Gasteiger partial charge < -0.3 is 14.9 Å². The molecule has 0 aliphatic heterocycles. The van der Waals surface area contributed by atoms with E-state index >= 15 is 0 Å². The highest BCUT2D eigenvalue weighted by Crippen LogP contribution is 2.33. The van der Waals surface area contributed by atoms with E-state index in [1.165, 1.54) is 6.07 Å². The molecule has 2 N–H and O–H groups in total. The molecule has 0 saturated carbocycles. The van der Waals surface area contributed by atoms with Gasteiger partial charge in [-0.3, -0.25) is 0 Å². The number of carboxylic acids is 1. The zero-order valence-electron chi connectivity index (χ0n) is 13.6. The molecular weight excluding hydrogens is 354 g/mol. The molecule has 7 heteroatoms. The van der Waals surface area contributed by atoms with Gasteiger partial charge in [0.05, 0.1) is 5.02 Å². The molecule has 0 saturated heterocycles. The number of rotatable bonds is 6. The predicted octanol–water partition coefficient (Wildman–Crippen LogP) is 4.50. The number of hydrogen-bond acceptors (Lipinski definition) is 3. The summed E-state index contributed by atoms with van der Waals surface area (Å²) in [5.74, 6) is -3.49. The molecule has 4 nitrogen and oxygen atoms in total. The van der Waals surface area contributed by atoms with E-state index in [9.17, 15) is 18.7 Å². The summed E-state index contributed by atoms with van der Waals surface area (Å²) in [5.41, 5.74) is 1.28. The van der Waals surface area contributed by atoms with Crippen molar-refractivity contribution in [2.45, 2.75) is 26.2 Å². The molecule has 134 valence electrons. The van der Waals surface area contributed by atoms with Crippen molar-refractivity contribution < 1.29 is 28.5 Å². The molecule has 2 aromatic carbocycles. The number of aromatic hydroxyl groups is 1. The van der Waals surface area contributed by atoms with Crippen LogP contribution in [0.2, 0.25) is 5.02 Å². The quantitative estimate of drug-likeness (QED) is 0.735. The highest BCUT2D eigenvalue weighted by Gasteiger charge is 2.20. The molecule has 0 aliphatic rings. The van der Waals surface area contributed by atoms with Crippen LogP contribution in [0.25, 0.3) is 0 Å². The number of aliphatic carboxylic acids is 1. The number of carboxylic acid groups (broad SMARTS) is 1. The lowest BCUT2D eigenvalue weighted by Crippen LogP contribution is -2.11. The average molecular weight is 371 g/mol. The number of phenols is 1. The summed E-state index contributed by atoms with van der Waals surface area (Å²) in [6.45, 7) is 3.00. The number of hydrogen-bond donors (Lipinski definition) is 2. The topological polar surface area (TPSA) is 66.8 Å². The maximum atomic E-state index is 14.3. The van der Waals surface area contributed by atoms with E-state index in [1.54, 1.807) is 12.1 Å². The van der Waals surface area contributed by atoms with E-state index in [-0.39, 0.29) is 23.7 Å². The Morgan fingerprint density at radius 1 is 1.28 bits per heavy atom. The normalized spacial score (nSPS) is 11.0. The minimum atomic E-state index is -1.31. The fourth-order valence-electron chi connectivity index (χ4n) is 2.40. The lowest BCUT2D eigenvalue weighted by atomic mass is 9.96. The van der Waals surface area contributed by atoms with Gasteiger partial charge in [-0.1, -0.05) is 37.6 Å². The molecule has 0 spiro atoms. The molecule has 0 aromatic heterocycles. The van der Waals surface area contributed by atoms with Gasteiger partial charge in [0.15, 0.2) is 18.2 Å². The van der Waals surface area contributed by atoms with E-state index < -0.39 is 35.0 Å². The third-order valence-corrected chi connectivity index (χ3v) is 4.06. The average Bonchev–Trinajstić information content (AvgIpc) is 2.54. The number of phenolic OH excluding ortho intramolecular Hbond substituents is 1. The SMILES string of the molecule is CC(C)c1cc(Cc2c(F)cc(OCC(=O)O)c(F)c2Cl)ccc1O. The number of carbonyl (C=O) groups is 1. The van der Waals surface area contributed by atoms with Crippen LogP contribution < -0.4 is 4.74 Å². The van der Waals surface area contributed by atoms with Crippen LogP contribution in [0.15, 0.2) is 24.3 Å². The van der Waals surface area contributed by atoms with Crippen LogP contribution in [0.5, 0.6) is 11.5 Å². The largest absolute Gasteiger partial charge is 0.508 e. The van der Waals surface area contributed by atoms with Crippen molar-refractivity contribution in [1.82, 2.24) is 0 Å². The fraction of sp³-hybridized carbons (Fsp3) is 0.278. The Hall–Kier alpha value is -2.34. The molecule has 0 bridgehead atoms. The van der Waals surface area contributed by atoms with Gasteiger partial charge in [0, 0.05) is 18.1 Å². The van der Waals surface area contributed by atoms with Crippen molar-refractivity contribution in [3.05, 3.63) is 57.6 Å². The van der Waals surface area contributed by atoms with Crippen molar-refractivity contribution in [3.63, 3.8) is 0 Å². The first-order valence-electron chi connectivity index (χ1n) is 7.53. The third-order valence-electron chi connectivity index (χ3n) is 3.67. The van der Waals surface area contributed by atoms with Crippen LogP contribution in [0.3, 0.4) is 0 Å². The first kappa shape index (κ1) is 19.0. The van der Waals surface area contributed by atoms with Crippen LogP contribution in [0.4, 0.5) is 8.78 Å². The van der Waals surface area contributed by atoms with E-state index in [4.69, 9.17) is 21.4 Å². The Bertz CT molecular complexity index is 806. The third kappa shape index (κ3) is 4.39. The van der Waals surface area contributed by atoms with Gasteiger partial charge in [-0.2, -0.15) is 0 Å². The van der Waals surface area contributed by atoms with Crippen LogP contribution in [-0.4, -0.2) is 22.8 Å². The van der Waals surface area contributed by atoms with Gasteiger partial charge in [0.1, 0.15) is 11.6 Å². The summed E-state index contributed by atoms with van der Waals surface area (Å²) in [4.78, 5) is 10.5. The van der Waals surface area contributed by atoms with Crippen molar-refractivity contribution >= 4 is 17.6 Å². The van der Waals surface area contributed by atoms with Gasteiger partial charge in [-0.05, 0) is 23.1 Å². The number of halogens is 3. The molecule has 0 radical (unpaired) electrons. The van der Waals surface area contributed by atoms with Crippen molar-refractivity contribution in [1.29, 1.82) is 0 Å². The Balaban J connectivity index is 2.36. The Kier molecular flexibility index (Phi) is 5.85. The summed E-state index contributed by atoms with van der Waals surface area (Å²) in [6.07, 6.45) is 0.0147. The summed E-state index contributed by atoms with van der Waals surface area (Å²) in [5, 5.41) is 17.9. The van der Waals surface area contributed by atoms with Crippen LogP contribution in [0.1, 0.15) is 36.5 Å². The van der Waals surface area contributed by atoms with E-state index in [1.807, 2.05) is 13.8 Å². The minimum absolute atomic E-state index is 0.0147. The molecular formula is C18H17ClF2O4. The monoisotopic (exact) mass is 370 g/mol. The van der Waals surface area contributed by atoms with E-state index in [2.05, 4.69) is 0 Å². The Morgan fingerprint density at radius 2 is 1.96 bits per heavy atom. The van der Waals surface area contributed by atoms with Gasteiger partial charge in [-0.25, -0.2) is 13.6 Å². The summed E-state index contributed by atoms with van der Waals surface area (Å²) in [7, 11) is 0. The first-order valence-corrected chi connectivity index (χ1v) is 7.91. The predicted molar refractivity (Wildman–Crippen MR) is 89.5 cm³/mol. The van der Waals surface area contributed by atoms with Crippen molar-refractivity contribution in [3.8, 4) is 11.5 Å². The van der Waals surface area contributed by atoms with E-state index in [0.29, 0.717) is 11.1 Å². The van der Waals surface area contributed by atoms with Gasteiger partial charge in [-0.15, -0.1) is 0 Å². The molecule has 0 atom stereocenters. The molecule has 25 heavy (non-hydrogen) atoms. The second-order valence-electron chi connectivity index (χ2n) is 5.87. The molecule has 2 aromatic rings. The second-order valence-corrected chi connectivity index (χ2v) is 6.25. The maximum Gasteiger partial charge on any atom is 0.341 e.